The molecule has 2 fully saturated rings. The summed E-state index contributed by atoms with van der Waals surface area (Å²) in [4.78, 5) is 13.9. The summed E-state index contributed by atoms with van der Waals surface area (Å²) < 4.78 is 0. The Morgan fingerprint density at radius 2 is 1.65 bits per heavy atom. The minimum absolute atomic E-state index is 0.00105. The second-order valence-corrected chi connectivity index (χ2v) is 6.25. The van der Waals surface area contributed by atoms with Gasteiger partial charge in [-0.15, -0.1) is 0 Å². The molecule has 0 spiro atoms. The van der Waals surface area contributed by atoms with Crippen LogP contribution in [-0.4, -0.2) is 30.8 Å². The van der Waals surface area contributed by atoms with Gasteiger partial charge in [0.05, 0.1) is 0 Å². The lowest BCUT2D eigenvalue weighted by molar-refractivity contribution is -0.117. The standard InChI is InChI=1S/C15H27NO/c1-16(14-8-4-2-3-5-9-14)12-15(13-17)10-6-7-11-15/h13-14H,2-12H2,1H3. The molecule has 17 heavy (non-hydrogen) atoms. The van der Waals surface area contributed by atoms with Gasteiger partial charge in [0.2, 0.25) is 0 Å². The second kappa shape index (κ2) is 5.99. The Labute approximate surface area is 106 Å². The van der Waals surface area contributed by atoms with Gasteiger partial charge >= 0.3 is 0 Å². The van der Waals surface area contributed by atoms with Gasteiger partial charge in [-0.2, -0.15) is 0 Å². The van der Waals surface area contributed by atoms with Gasteiger partial charge in [-0.25, -0.2) is 0 Å². The van der Waals surface area contributed by atoms with E-state index in [1.54, 1.807) is 0 Å². The van der Waals surface area contributed by atoms with Crippen LogP contribution in [0.2, 0.25) is 0 Å². The van der Waals surface area contributed by atoms with Crippen LogP contribution in [0, 0.1) is 5.41 Å². The van der Waals surface area contributed by atoms with E-state index >= 15 is 0 Å². The Hall–Kier alpha value is -0.370. The van der Waals surface area contributed by atoms with Crippen molar-refractivity contribution in [2.45, 2.75) is 70.3 Å². The molecule has 0 N–H and O–H groups in total. The number of carbonyl (C=O) groups is 1. The quantitative estimate of drug-likeness (QED) is 0.552. The zero-order valence-corrected chi connectivity index (χ0v) is 11.3. The van der Waals surface area contributed by atoms with E-state index in [1.165, 1.54) is 57.7 Å². The highest BCUT2D eigenvalue weighted by Crippen LogP contribution is 2.37. The van der Waals surface area contributed by atoms with E-state index in [4.69, 9.17) is 0 Å². The third-order valence-electron chi connectivity index (χ3n) is 4.86. The van der Waals surface area contributed by atoms with Crippen molar-refractivity contribution in [3.8, 4) is 0 Å². The van der Waals surface area contributed by atoms with Crippen molar-refractivity contribution >= 4 is 6.29 Å². The van der Waals surface area contributed by atoms with E-state index in [0.29, 0.717) is 0 Å². The molecule has 2 aliphatic rings. The van der Waals surface area contributed by atoms with E-state index in [2.05, 4.69) is 11.9 Å². The molecule has 2 rings (SSSR count). The Balaban J connectivity index is 1.89. The first kappa shape index (κ1) is 13.1. The van der Waals surface area contributed by atoms with Crippen LogP contribution >= 0.6 is 0 Å². The predicted octanol–water partition coefficient (Wildman–Crippen LogP) is 3.40. The van der Waals surface area contributed by atoms with Crippen LogP contribution in [0.15, 0.2) is 0 Å². The maximum atomic E-state index is 11.4. The SMILES string of the molecule is CN(CC1(C=O)CCCC1)C1CCCCCC1. The highest BCUT2D eigenvalue weighted by Gasteiger charge is 2.35. The summed E-state index contributed by atoms with van der Waals surface area (Å²) in [5, 5.41) is 0. The molecule has 0 unspecified atom stereocenters. The maximum Gasteiger partial charge on any atom is 0.127 e. The number of rotatable bonds is 4. The molecule has 0 aromatic carbocycles. The summed E-state index contributed by atoms with van der Waals surface area (Å²) in [5.41, 5.74) is 0.00105. The first-order valence-corrected chi connectivity index (χ1v) is 7.42. The van der Waals surface area contributed by atoms with Crippen molar-refractivity contribution in [3.63, 3.8) is 0 Å². The van der Waals surface area contributed by atoms with Gasteiger partial charge in [-0.05, 0) is 32.7 Å². The van der Waals surface area contributed by atoms with Crippen LogP contribution in [0.1, 0.15) is 64.2 Å². The molecule has 0 aromatic heterocycles. The van der Waals surface area contributed by atoms with Gasteiger partial charge < -0.3 is 9.69 Å². The third kappa shape index (κ3) is 3.31. The topological polar surface area (TPSA) is 20.3 Å². The zero-order valence-electron chi connectivity index (χ0n) is 11.3. The van der Waals surface area contributed by atoms with Crippen LogP contribution in [0.3, 0.4) is 0 Å². The predicted molar refractivity (Wildman–Crippen MR) is 71.1 cm³/mol. The summed E-state index contributed by atoms with van der Waals surface area (Å²) in [5.74, 6) is 0. The first-order chi connectivity index (χ1) is 8.26. The minimum Gasteiger partial charge on any atom is -0.303 e. The monoisotopic (exact) mass is 237 g/mol. The fourth-order valence-corrected chi connectivity index (χ4v) is 3.72. The fraction of sp³-hybridized carbons (Fsp3) is 0.933. The summed E-state index contributed by atoms with van der Waals surface area (Å²) >= 11 is 0. The van der Waals surface area contributed by atoms with Gasteiger partial charge in [0, 0.05) is 18.0 Å². The molecule has 0 heterocycles. The van der Waals surface area contributed by atoms with Crippen molar-refractivity contribution in [3.05, 3.63) is 0 Å². The molecular weight excluding hydrogens is 210 g/mol. The summed E-state index contributed by atoms with van der Waals surface area (Å²) in [6, 6.07) is 0.731. The van der Waals surface area contributed by atoms with Crippen molar-refractivity contribution in [2.75, 3.05) is 13.6 Å². The molecule has 98 valence electrons. The van der Waals surface area contributed by atoms with E-state index in [1.807, 2.05) is 0 Å². The van der Waals surface area contributed by atoms with Crippen LogP contribution in [0.5, 0.6) is 0 Å². The second-order valence-electron chi connectivity index (χ2n) is 6.25. The molecule has 2 saturated carbocycles. The summed E-state index contributed by atoms with van der Waals surface area (Å²) in [7, 11) is 2.24. The Morgan fingerprint density at radius 3 is 2.18 bits per heavy atom. The van der Waals surface area contributed by atoms with Crippen LogP contribution in [0.4, 0.5) is 0 Å². The molecule has 0 amide bonds. The molecule has 0 aromatic rings. The van der Waals surface area contributed by atoms with Crippen molar-refractivity contribution in [2.24, 2.45) is 5.41 Å². The van der Waals surface area contributed by atoms with E-state index in [-0.39, 0.29) is 5.41 Å². The molecule has 0 saturated heterocycles. The largest absolute Gasteiger partial charge is 0.303 e. The average Bonchev–Trinajstić information content (AvgIpc) is 2.64. The minimum atomic E-state index is 0.00105. The van der Waals surface area contributed by atoms with Crippen molar-refractivity contribution in [1.29, 1.82) is 0 Å². The van der Waals surface area contributed by atoms with E-state index < -0.39 is 0 Å². The van der Waals surface area contributed by atoms with Crippen LogP contribution in [-0.2, 0) is 4.79 Å². The van der Waals surface area contributed by atoms with Gasteiger partial charge in [0.25, 0.3) is 0 Å². The summed E-state index contributed by atoms with van der Waals surface area (Å²) in [6.45, 7) is 1.00. The highest BCUT2D eigenvalue weighted by molar-refractivity contribution is 5.60. The van der Waals surface area contributed by atoms with Gasteiger partial charge in [-0.1, -0.05) is 38.5 Å². The summed E-state index contributed by atoms with van der Waals surface area (Å²) in [6.07, 6.45) is 14.2. The molecule has 2 nitrogen and oxygen atoms in total. The Kier molecular flexibility index (Phi) is 4.61. The van der Waals surface area contributed by atoms with Gasteiger partial charge in [0.1, 0.15) is 6.29 Å². The lowest BCUT2D eigenvalue weighted by Crippen LogP contribution is -2.40. The lowest BCUT2D eigenvalue weighted by Gasteiger charge is -2.34. The fourth-order valence-electron chi connectivity index (χ4n) is 3.72. The number of carbonyl (C=O) groups excluding carboxylic acids is 1. The molecule has 2 heteroatoms. The average molecular weight is 237 g/mol. The molecule has 0 radical (unpaired) electrons. The number of aldehydes is 1. The van der Waals surface area contributed by atoms with Gasteiger partial charge in [0.15, 0.2) is 0 Å². The lowest BCUT2D eigenvalue weighted by atomic mass is 9.87. The maximum absolute atomic E-state index is 11.4. The highest BCUT2D eigenvalue weighted by atomic mass is 16.1. The number of hydrogen-bond donors (Lipinski definition) is 0. The van der Waals surface area contributed by atoms with Crippen LogP contribution < -0.4 is 0 Å². The molecule has 0 bridgehead atoms. The number of nitrogens with zero attached hydrogens (tertiary/aromatic N) is 1. The molecular formula is C15H27NO. The Bertz CT molecular complexity index is 237. The van der Waals surface area contributed by atoms with Crippen molar-refractivity contribution in [1.82, 2.24) is 4.90 Å². The molecule has 2 aliphatic carbocycles. The smallest absolute Gasteiger partial charge is 0.127 e. The first-order valence-electron chi connectivity index (χ1n) is 7.42. The van der Waals surface area contributed by atoms with Gasteiger partial charge in [-0.3, -0.25) is 0 Å². The zero-order chi connectivity index (χ0) is 12.1. The third-order valence-corrected chi connectivity index (χ3v) is 4.86. The normalized spacial score (nSPS) is 26.0. The van der Waals surface area contributed by atoms with Crippen LogP contribution in [0.25, 0.3) is 0 Å². The Morgan fingerprint density at radius 1 is 1.06 bits per heavy atom. The van der Waals surface area contributed by atoms with E-state index in [0.717, 1.165) is 25.4 Å². The molecule has 0 aliphatic heterocycles. The molecule has 0 atom stereocenters. The van der Waals surface area contributed by atoms with E-state index in [9.17, 15) is 4.79 Å². The number of hydrogen-bond acceptors (Lipinski definition) is 2. The van der Waals surface area contributed by atoms with Crippen molar-refractivity contribution < 1.29 is 4.79 Å².